The van der Waals surface area contributed by atoms with E-state index in [4.69, 9.17) is 8.39 Å². The fourth-order valence-corrected chi connectivity index (χ4v) is 10.8. The maximum absolute atomic E-state index is 12.3. The van der Waals surface area contributed by atoms with Crippen molar-refractivity contribution < 1.29 is 22.9 Å². The molecule has 62 heavy (non-hydrogen) atoms. The van der Waals surface area contributed by atoms with E-state index in [9.17, 15) is 14.5 Å². The van der Waals surface area contributed by atoms with Crippen molar-refractivity contribution in [3.8, 4) is 44.5 Å². The van der Waals surface area contributed by atoms with E-state index in [0.29, 0.717) is 24.0 Å². The molecule has 304 valence electrons. The van der Waals surface area contributed by atoms with E-state index in [1.54, 1.807) is 12.2 Å². The summed E-state index contributed by atoms with van der Waals surface area (Å²) in [5, 5.41) is 2.10. The van der Waals surface area contributed by atoms with E-state index in [-0.39, 0.29) is 11.6 Å². The normalized spacial score (nSPS) is 16.0. The molecular formula is C56H45O5P. The number of ketones is 2. The number of carbonyl (C=O) groups is 2. The minimum Gasteiger partial charge on any atom is -0.398 e. The van der Waals surface area contributed by atoms with Gasteiger partial charge < -0.3 is 8.39 Å². The first-order valence-corrected chi connectivity index (χ1v) is 23.0. The maximum Gasteiger partial charge on any atom is 0.384 e. The number of hydrogen-bond donors (Lipinski definition) is 1. The summed E-state index contributed by atoms with van der Waals surface area (Å²) in [5.41, 5.74) is 18.7. The highest BCUT2D eigenvalue weighted by molar-refractivity contribution is 7.30. The largest absolute Gasteiger partial charge is 0.398 e. The molecule has 0 saturated carbocycles. The summed E-state index contributed by atoms with van der Waals surface area (Å²) in [5.74, 6) is 0.198. The van der Waals surface area contributed by atoms with Crippen LogP contribution in [0.2, 0.25) is 0 Å². The van der Waals surface area contributed by atoms with Crippen molar-refractivity contribution in [3.05, 3.63) is 179 Å². The lowest BCUT2D eigenvalue weighted by Gasteiger charge is -2.23. The molecule has 0 unspecified atom stereocenters. The van der Waals surface area contributed by atoms with E-state index < -0.39 is 8.24 Å². The Bertz CT molecular complexity index is 2950. The van der Waals surface area contributed by atoms with Crippen LogP contribution >= 0.6 is 8.24 Å². The highest BCUT2D eigenvalue weighted by Crippen LogP contribution is 2.49. The first-order valence-electron chi connectivity index (χ1n) is 21.9. The SMILES string of the molecule is O=C1C=CC(c2cc(-c3ccccc3)cc(-c3cc4c(c5c3op(O)oc3c(-c6cc(C7=CCC(=O)C=C7)cc(-c7ccccc7)c6)cc6c(c35)CCCC6)CCCC4)c2)=CC1. The molecule has 6 aromatic carbocycles. The number of hydrogen-bond acceptors (Lipinski definition) is 5. The minimum absolute atomic E-state index is 0.0988. The highest BCUT2D eigenvalue weighted by Gasteiger charge is 2.27. The van der Waals surface area contributed by atoms with Crippen LogP contribution < -0.4 is 0 Å². The number of fused-ring (bicyclic) bond motifs is 7. The van der Waals surface area contributed by atoms with Crippen molar-refractivity contribution in [1.82, 2.24) is 0 Å². The lowest BCUT2D eigenvalue weighted by molar-refractivity contribution is -0.114. The summed E-state index contributed by atoms with van der Waals surface area (Å²) >= 11 is 0. The van der Waals surface area contributed by atoms with Gasteiger partial charge in [0, 0.05) is 34.7 Å². The van der Waals surface area contributed by atoms with Gasteiger partial charge in [0.05, 0.1) is 0 Å². The minimum atomic E-state index is -2.40. The molecule has 0 bridgehead atoms. The predicted molar refractivity (Wildman–Crippen MR) is 252 cm³/mol. The zero-order valence-electron chi connectivity index (χ0n) is 34.5. The molecule has 4 aliphatic rings. The van der Waals surface area contributed by atoms with Crippen LogP contribution in [0.25, 0.3) is 77.6 Å². The number of allylic oxidation sites excluding steroid dienone is 8. The lowest BCUT2D eigenvalue weighted by atomic mass is 9.80. The van der Waals surface area contributed by atoms with Gasteiger partial charge >= 0.3 is 8.24 Å². The molecular weight excluding hydrogens is 784 g/mol. The summed E-state index contributed by atoms with van der Waals surface area (Å²) in [7, 11) is -2.40. The molecule has 0 amide bonds. The summed E-state index contributed by atoms with van der Waals surface area (Å²) < 4.78 is 13.6. The van der Waals surface area contributed by atoms with Crippen LogP contribution in [0.4, 0.5) is 0 Å². The molecule has 0 saturated heterocycles. The fraction of sp³-hybridized carbons (Fsp3) is 0.179. The first kappa shape index (κ1) is 38.4. The molecule has 0 spiro atoms. The Morgan fingerprint density at radius 3 is 1.26 bits per heavy atom. The molecule has 1 aromatic heterocycles. The van der Waals surface area contributed by atoms with Gasteiger partial charge in [0.1, 0.15) is 0 Å². The van der Waals surface area contributed by atoms with Crippen LogP contribution in [0.3, 0.4) is 0 Å². The quantitative estimate of drug-likeness (QED) is 0.181. The summed E-state index contributed by atoms with van der Waals surface area (Å²) in [4.78, 5) is 36.6. The van der Waals surface area contributed by atoms with E-state index in [0.717, 1.165) is 129 Å². The van der Waals surface area contributed by atoms with Crippen LogP contribution in [0.5, 0.6) is 0 Å². The number of carbonyl (C=O) groups excluding carboxylic acids is 2. The van der Waals surface area contributed by atoms with Crippen molar-refractivity contribution in [1.29, 1.82) is 0 Å². The van der Waals surface area contributed by atoms with E-state index >= 15 is 0 Å². The van der Waals surface area contributed by atoms with Gasteiger partial charge in [0.15, 0.2) is 22.7 Å². The molecule has 1 N–H and O–H groups in total. The summed E-state index contributed by atoms with van der Waals surface area (Å²) in [6, 6.07) is 38.8. The highest BCUT2D eigenvalue weighted by atomic mass is 31.1. The smallest absolute Gasteiger partial charge is 0.384 e. The Labute approximate surface area is 362 Å². The maximum atomic E-state index is 12.3. The van der Waals surface area contributed by atoms with E-state index in [1.807, 2.05) is 36.4 Å². The van der Waals surface area contributed by atoms with Gasteiger partial charge in [-0.25, -0.2) is 0 Å². The third-order valence-corrected chi connectivity index (χ3v) is 13.8. The Kier molecular flexibility index (Phi) is 9.95. The molecule has 0 atom stereocenters. The summed E-state index contributed by atoms with van der Waals surface area (Å²) in [6.07, 6.45) is 20.1. The van der Waals surface area contributed by atoms with Crippen LogP contribution in [0.1, 0.15) is 71.9 Å². The summed E-state index contributed by atoms with van der Waals surface area (Å²) in [6.45, 7) is 0. The van der Waals surface area contributed by atoms with Crippen molar-refractivity contribution in [2.45, 2.75) is 64.2 Å². The molecule has 0 aliphatic heterocycles. The Hall–Kier alpha value is -6.52. The molecule has 6 heteroatoms. The predicted octanol–water partition coefficient (Wildman–Crippen LogP) is 14.3. The van der Waals surface area contributed by atoms with Gasteiger partial charge in [-0.2, -0.15) is 0 Å². The van der Waals surface area contributed by atoms with Crippen molar-refractivity contribution >= 4 is 52.9 Å². The van der Waals surface area contributed by atoms with E-state index in [1.165, 1.54) is 22.3 Å². The zero-order chi connectivity index (χ0) is 41.7. The fourth-order valence-electron chi connectivity index (χ4n) is 10.1. The second kappa shape index (κ2) is 16.1. The van der Waals surface area contributed by atoms with Crippen LogP contribution in [-0.4, -0.2) is 16.5 Å². The Morgan fingerprint density at radius 1 is 0.435 bits per heavy atom. The van der Waals surface area contributed by atoms with Gasteiger partial charge in [-0.3, -0.25) is 14.5 Å². The van der Waals surface area contributed by atoms with Crippen LogP contribution in [-0.2, 0) is 35.3 Å². The second-order valence-electron chi connectivity index (χ2n) is 17.0. The third kappa shape index (κ3) is 7.15. The van der Waals surface area contributed by atoms with Gasteiger partial charge in [-0.15, -0.1) is 0 Å². The first-order chi connectivity index (χ1) is 30.4. The average molecular weight is 829 g/mol. The molecule has 0 radical (unpaired) electrons. The second-order valence-corrected chi connectivity index (χ2v) is 17.9. The van der Waals surface area contributed by atoms with Gasteiger partial charge in [0.25, 0.3) is 0 Å². The lowest BCUT2D eigenvalue weighted by Crippen LogP contribution is -2.07. The number of rotatable bonds is 6. The van der Waals surface area contributed by atoms with Gasteiger partial charge in [-0.1, -0.05) is 85.0 Å². The van der Waals surface area contributed by atoms with Crippen LogP contribution in [0, 0.1) is 0 Å². The molecule has 4 aliphatic carbocycles. The van der Waals surface area contributed by atoms with Crippen molar-refractivity contribution in [3.63, 3.8) is 0 Å². The number of benzene rings is 6. The Balaban J connectivity index is 1.23. The number of aryl methyl sites for hydroxylation is 4. The third-order valence-electron chi connectivity index (χ3n) is 13.1. The molecule has 0 fully saturated rings. The molecule has 1 heterocycles. The monoisotopic (exact) mass is 828 g/mol. The molecule has 11 rings (SSSR count). The average Bonchev–Trinajstić information content (AvgIpc) is 3.48. The van der Waals surface area contributed by atoms with Crippen LogP contribution in [0.15, 0.2) is 154 Å². The molecule has 7 aromatic rings. The van der Waals surface area contributed by atoms with Gasteiger partial charge in [-0.05, 0) is 190 Å². The van der Waals surface area contributed by atoms with Crippen molar-refractivity contribution in [2.24, 2.45) is 0 Å². The molecule has 5 nitrogen and oxygen atoms in total. The van der Waals surface area contributed by atoms with Crippen molar-refractivity contribution in [2.75, 3.05) is 0 Å². The van der Waals surface area contributed by atoms with E-state index in [2.05, 4.69) is 97.1 Å². The topological polar surface area (TPSA) is 80.7 Å². The van der Waals surface area contributed by atoms with Gasteiger partial charge in [0.2, 0.25) is 0 Å². The standard InChI is InChI=1S/C56H45O5P/c57-47-23-19-37(20-24-47)43-27-41(35-11-3-1-4-12-35)29-45(31-43)51-33-39-15-7-9-17-49(39)53-54-50-18-10-8-16-40(50)34-52(56(54)61-62(59)60-55(51)53)46-30-42(36-13-5-2-6-14-36)28-44(32-46)38-21-25-48(58)26-22-38/h1-6,11-14,19-23,25,27-34,59H,7-10,15-18,24,26H2. The zero-order valence-corrected chi connectivity index (χ0v) is 35.3. The Morgan fingerprint density at radius 2 is 0.839 bits per heavy atom.